The summed E-state index contributed by atoms with van der Waals surface area (Å²) in [6.07, 6.45) is 8.79. The van der Waals surface area contributed by atoms with E-state index < -0.39 is 11.9 Å². The summed E-state index contributed by atoms with van der Waals surface area (Å²) in [5.74, 6) is -0.997. The Morgan fingerprint density at radius 2 is 1.08 bits per heavy atom. The van der Waals surface area contributed by atoms with E-state index in [2.05, 4.69) is 41.5 Å². The van der Waals surface area contributed by atoms with Gasteiger partial charge in [-0.15, -0.1) is 0 Å². The molecule has 0 N–H and O–H groups in total. The second-order valence-electron chi connectivity index (χ2n) is 8.08. The van der Waals surface area contributed by atoms with Crippen molar-refractivity contribution in [3.05, 3.63) is 12.2 Å². The van der Waals surface area contributed by atoms with Crippen LogP contribution < -0.4 is 0 Å². The lowest BCUT2D eigenvalue weighted by atomic mass is 9.88. The summed E-state index contributed by atoms with van der Waals surface area (Å²) in [6.45, 7) is 13.3. The summed E-state index contributed by atoms with van der Waals surface area (Å²) in [5.41, 5.74) is -0.0767. The van der Waals surface area contributed by atoms with E-state index in [0.717, 1.165) is 50.7 Å². The van der Waals surface area contributed by atoms with Gasteiger partial charge in [-0.3, -0.25) is 0 Å². The molecule has 0 rings (SSSR count). The Labute approximate surface area is 148 Å². The van der Waals surface area contributed by atoms with Crippen molar-refractivity contribution < 1.29 is 19.1 Å². The molecule has 0 aliphatic carbocycles. The zero-order valence-corrected chi connectivity index (χ0v) is 16.4. The highest BCUT2D eigenvalue weighted by atomic mass is 16.5. The van der Waals surface area contributed by atoms with Crippen molar-refractivity contribution >= 4 is 11.9 Å². The molecule has 0 amide bonds. The van der Waals surface area contributed by atoms with Crippen molar-refractivity contribution in [1.82, 2.24) is 0 Å². The molecule has 4 heteroatoms. The lowest BCUT2D eigenvalue weighted by Gasteiger charge is -2.23. The molecule has 0 aromatic heterocycles. The number of carbonyl (C=O) groups is 2. The molecule has 0 saturated carbocycles. The minimum absolute atomic E-state index is 0.0384. The molecule has 140 valence electrons. The van der Waals surface area contributed by atoms with Crippen LogP contribution in [-0.4, -0.2) is 25.2 Å². The first-order chi connectivity index (χ1) is 11.1. The molecule has 0 aromatic carbocycles. The maximum atomic E-state index is 11.7. The van der Waals surface area contributed by atoms with E-state index in [4.69, 9.17) is 9.47 Å². The van der Waals surface area contributed by atoms with E-state index >= 15 is 0 Å². The van der Waals surface area contributed by atoms with Crippen LogP contribution in [0.1, 0.15) is 80.1 Å². The molecule has 0 atom stereocenters. The van der Waals surface area contributed by atoms with Crippen LogP contribution in [0.15, 0.2) is 12.2 Å². The normalized spacial score (nSPS) is 12.4. The molecule has 0 bridgehead atoms. The summed E-state index contributed by atoms with van der Waals surface area (Å²) in [6, 6.07) is 0. The molecular formula is C20H36O4. The molecule has 0 spiro atoms. The molecule has 0 radical (unpaired) electrons. The van der Waals surface area contributed by atoms with Crippen molar-refractivity contribution in [3.63, 3.8) is 0 Å². The lowest BCUT2D eigenvalue weighted by molar-refractivity contribution is -0.143. The fourth-order valence-corrected chi connectivity index (χ4v) is 2.22. The van der Waals surface area contributed by atoms with E-state index in [1.165, 1.54) is 0 Å². The standard InChI is InChI=1S/C20H36O4/c1-7-9-13-19(3,4)15-23-17(21)11-12-18(22)24-16-20(5,6)14-10-8-2/h11-12H,7-10,13-16H2,1-6H3/b12-11-. The summed E-state index contributed by atoms with van der Waals surface area (Å²) < 4.78 is 10.4. The van der Waals surface area contributed by atoms with E-state index in [1.54, 1.807) is 0 Å². The lowest BCUT2D eigenvalue weighted by Crippen LogP contribution is -2.22. The van der Waals surface area contributed by atoms with E-state index in [-0.39, 0.29) is 10.8 Å². The predicted molar refractivity (Wildman–Crippen MR) is 97.7 cm³/mol. The Hall–Kier alpha value is -1.32. The number of ether oxygens (including phenoxy) is 2. The van der Waals surface area contributed by atoms with E-state index in [0.29, 0.717) is 13.2 Å². The minimum atomic E-state index is -0.498. The molecule has 0 aliphatic heterocycles. The Balaban J connectivity index is 4.14. The van der Waals surface area contributed by atoms with Crippen molar-refractivity contribution in [1.29, 1.82) is 0 Å². The first-order valence-electron chi connectivity index (χ1n) is 9.13. The second-order valence-corrected chi connectivity index (χ2v) is 8.08. The van der Waals surface area contributed by atoms with Gasteiger partial charge in [0, 0.05) is 12.2 Å². The Bertz CT molecular complexity index is 370. The molecule has 4 nitrogen and oxygen atoms in total. The average molecular weight is 341 g/mol. The van der Waals surface area contributed by atoms with Crippen molar-refractivity contribution in [2.75, 3.05) is 13.2 Å². The average Bonchev–Trinajstić information content (AvgIpc) is 2.53. The number of hydrogen-bond donors (Lipinski definition) is 0. The molecule has 0 heterocycles. The minimum Gasteiger partial charge on any atom is -0.462 e. The first-order valence-corrected chi connectivity index (χ1v) is 9.13. The van der Waals surface area contributed by atoms with Crippen molar-refractivity contribution in [3.8, 4) is 0 Å². The smallest absolute Gasteiger partial charge is 0.331 e. The van der Waals surface area contributed by atoms with Gasteiger partial charge in [0.2, 0.25) is 0 Å². The highest BCUT2D eigenvalue weighted by Crippen LogP contribution is 2.24. The van der Waals surface area contributed by atoms with Crippen LogP contribution in [0.2, 0.25) is 0 Å². The highest BCUT2D eigenvalue weighted by Gasteiger charge is 2.20. The topological polar surface area (TPSA) is 52.6 Å². The summed E-state index contributed by atoms with van der Waals surface area (Å²) in [7, 11) is 0. The quantitative estimate of drug-likeness (QED) is 0.368. The Kier molecular flexibility index (Phi) is 10.7. The third-order valence-electron chi connectivity index (χ3n) is 3.98. The number of esters is 2. The maximum absolute atomic E-state index is 11.7. The van der Waals surface area contributed by atoms with Gasteiger partial charge in [0.05, 0.1) is 13.2 Å². The Morgan fingerprint density at radius 3 is 1.38 bits per heavy atom. The highest BCUT2D eigenvalue weighted by molar-refractivity contribution is 5.91. The maximum Gasteiger partial charge on any atom is 0.331 e. The van der Waals surface area contributed by atoms with E-state index in [1.807, 2.05) is 0 Å². The summed E-state index contributed by atoms with van der Waals surface area (Å²) >= 11 is 0. The summed E-state index contributed by atoms with van der Waals surface area (Å²) in [5, 5.41) is 0. The van der Waals surface area contributed by atoms with Gasteiger partial charge in [-0.1, -0.05) is 67.2 Å². The van der Waals surface area contributed by atoms with Crippen LogP contribution >= 0.6 is 0 Å². The summed E-state index contributed by atoms with van der Waals surface area (Å²) in [4.78, 5) is 23.4. The van der Waals surface area contributed by atoms with Gasteiger partial charge in [0.1, 0.15) is 0 Å². The monoisotopic (exact) mass is 340 g/mol. The van der Waals surface area contributed by atoms with Gasteiger partial charge in [0.25, 0.3) is 0 Å². The number of hydrogen-bond acceptors (Lipinski definition) is 4. The molecule has 24 heavy (non-hydrogen) atoms. The van der Waals surface area contributed by atoms with Crippen molar-refractivity contribution in [2.24, 2.45) is 10.8 Å². The van der Waals surface area contributed by atoms with Gasteiger partial charge in [-0.05, 0) is 23.7 Å². The van der Waals surface area contributed by atoms with Crippen LogP contribution in [0.4, 0.5) is 0 Å². The third-order valence-corrected chi connectivity index (χ3v) is 3.98. The molecule has 0 aromatic rings. The molecular weight excluding hydrogens is 304 g/mol. The molecule has 0 fully saturated rings. The molecule has 0 unspecified atom stereocenters. The largest absolute Gasteiger partial charge is 0.462 e. The zero-order valence-electron chi connectivity index (χ0n) is 16.4. The number of carbonyl (C=O) groups excluding carboxylic acids is 2. The predicted octanol–water partition coefficient (Wildman–Crippen LogP) is 5.06. The van der Waals surface area contributed by atoms with Crippen LogP contribution in [0, 0.1) is 10.8 Å². The third kappa shape index (κ3) is 12.1. The van der Waals surface area contributed by atoms with Crippen LogP contribution in [0.3, 0.4) is 0 Å². The van der Waals surface area contributed by atoms with Crippen LogP contribution in [0.25, 0.3) is 0 Å². The van der Waals surface area contributed by atoms with Gasteiger partial charge >= 0.3 is 11.9 Å². The van der Waals surface area contributed by atoms with Gasteiger partial charge in [-0.2, -0.15) is 0 Å². The second kappa shape index (κ2) is 11.3. The van der Waals surface area contributed by atoms with Gasteiger partial charge in [0.15, 0.2) is 0 Å². The van der Waals surface area contributed by atoms with E-state index in [9.17, 15) is 9.59 Å². The molecule has 0 aliphatic rings. The number of unbranched alkanes of at least 4 members (excludes halogenated alkanes) is 2. The van der Waals surface area contributed by atoms with Crippen molar-refractivity contribution in [2.45, 2.75) is 80.1 Å². The van der Waals surface area contributed by atoms with Gasteiger partial charge < -0.3 is 9.47 Å². The number of rotatable bonds is 12. The van der Waals surface area contributed by atoms with Crippen LogP contribution in [0.5, 0.6) is 0 Å². The SMILES string of the molecule is CCCCC(C)(C)COC(=O)/C=C\C(=O)OCC(C)(C)CCCC. The molecule has 0 saturated heterocycles. The zero-order chi connectivity index (χ0) is 18.6. The fraction of sp³-hybridized carbons (Fsp3) is 0.800. The van der Waals surface area contributed by atoms with Crippen LogP contribution in [-0.2, 0) is 19.1 Å². The Morgan fingerprint density at radius 1 is 0.750 bits per heavy atom. The first kappa shape index (κ1) is 22.7. The van der Waals surface area contributed by atoms with Gasteiger partial charge in [-0.25, -0.2) is 9.59 Å². The fourth-order valence-electron chi connectivity index (χ4n) is 2.22.